The lowest BCUT2D eigenvalue weighted by molar-refractivity contribution is -0.131. The standard InChI is InChI=1S/C17H23N5O2/c1-14-8-16(20-12-19-14)9-15-10-22(6-7-24-11-15)17(23)2-4-21-5-3-18-13-21/h3,5,8,12-13,15H,2,4,6-7,9-11H2,1H3. The molecular formula is C17H23N5O2. The van der Waals surface area contributed by atoms with Gasteiger partial charge in [-0.25, -0.2) is 15.0 Å². The van der Waals surface area contributed by atoms with E-state index in [1.54, 1.807) is 18.9 Å². The van der Waals surface area contributed by atoms with E-state index < -0.39 is 0 Å². The number of hydrogen-bond acceptors (Lipinski definition) is 5. The zero-order valence-electron chi connectivity index (χ0n) is 14.0. The van der Waals surface area contributed by atoms with Crippen molar-refractivity contribution >= 4 is 5.91 Å². The second-order valence-corrected chi connectivity index (χ2v) is 6.19. The molecule has 24 heavy (non-hydrogen) atoms. The van der Waals surface area contributed by atoms with Crippen molar-refractivity contribution in [3.05, 3.63) is 42.5 Å². The zero-order valence-corrected chi connectivity index (χ0v) is 14.0. The summed E-state index contributed by atoms with van der Waals surface area (Å²) in [7, 11) is 0. The Labute approximate surface area is 141 Å². The molecule has 0 spiro atoms. The summed E-state index contributed by atoms with van der Waals surface area (Å²) < 4.78 is 7.61. The number of aromatic nitrogens is 4. The molecule has 0 aromatic carbocycles. The van der Waals surface area contributed by atoms with Crippen LogP contribution in [0, 0.1) is 12.8 Å². The largest absolute Gasteiger partial charge is 0.379 e. The van der Waals surface area contributed by atoms with E-state index in [9.17, 15) is 4.79 Å². The average Bonchev–Trinajstić information content (AvgIpc) is 2.98. The van der Waals surface area contributed by atoms with Gasteiger partial charge in [0.05, 0.1) is 19.5 Å². The Morgan fingerprint density at radius 3 is 3.12 bits per heavy atom. The van der Waals surface area contributed by atoms with Gasteiger partial charge in [-0.15, -0.1) is 0 Å². The van der Waals surface area contributed by atoms with Gasteiger partial charge in [0.2, 0.25) is 5.91 Å². The van der Waals surface area contributed by atoms with Crippen molar-refractivity contribution in [2.24, 2.45) is 5.92 Å². The topological polar surface area (TPSA) is 73.1 Å². The van der Waals surface area contributed by atoms with E-state index >= 15 is 0 Å². The van der Waals surface area contributed by atoms with Crippen LogP contribution in [-0.4, -0.2) is 56.6 Å². The van der Waals surface area contributed by atoms with Crippen molar-refractivity contribution in [3.8, 4) is 0 Å². The number of aryl methyl sites for hydroxylation is 2. The SMILES string of the molecule is Cc1cc(CC2COCCN(C(=O)CCn3ccnc3)C2)ncn1. The van der Waals surface area contributed by atoms with Crippen molar-refractivity contribution in [1.82, 2.24) is 24.4 Å². The summed E-state index contributed by atoms with van der Waals surface area (Å²) in [5.41, 5.74) is 1.96. The number of carbonyl (C=O) groups excluding carboxylic acids is 1. The highest BCUT2D eigenvalue weighted by Crippen LogP contribution is 2.14. The molecular weight excluding hydrogens is 306 g/mol. The van der Waals surface area contributed by atoms with Crippen molar-refractivity contribution < 1.29 is 9.53 Å². The van der Waals surface area contributed by atoms with Crippen LogP contribution in [0.5, 0.6) is 0 Å². The molecule has 3 heterocycles. The summed E-state index contributed by atoms with van der Waals surface area (Å²) in [6.07, 6.45) is 8.21. The first-order chi connectivity index (χ1) is 11.7. The average molecular weight is 329 g/mol. The Morgan fingerprint density at radius 1 is 1.42 bits per heavy atom. The number of carbonyl (C=O) groups is 1. The first kappa shape index (κ1) is 16.6. The molecule has 1 atom stereocenters. The predicted octanol–water partition coefficient (Wildman–Crippen LogP) is 1.09. The molecule has 7 nitrogen and oxygen atoms in total. The molecule has 0 radical (unpaired) electrons. The highest BCUT2D eigenvalue weighted by Gasteiger charge is 2.23. The molecule has 2 aromatic heterocycles. The summed E-state index contributed by atoms with van der Waals surface area (Å²) in [6, 6.07) is 2.00. The third-order valence-electron chi connectivity index (χ3n) is 4.19. The quantitative estimate of drug-likeness (QED) is 0.821. The number of amides is 1. The van der Waals surface area contributed by atoms with E-state index in [1.807, 2.05) is 28.7 Å². The summed E-state index contributed by atoms with van der Waals surface area (Å²) >= 11 is 0. The first-order valence-corrected chi connectivity index (χ1v) is 8.29. The van der Waals surface area contributed by atoms with E-state index in [0.29, 0.717) is 39.3 Å². The van der Waals surface area contributed by atoms with Gasteiger partial charge < -0.3 is 14.2 Å². The van der Waals surface area contributed by atoms with Crippen LogP contribution in [0.15, 0.2) is 31.1 Å². The van der Waals surface area contributed by atoms with Gasteiger partial charge in [-0.2, -0.15) is 0 Å². The van der Waals surface area contributed by atoms with Crippen LogP contribution in [0.2, 0.25) is 0 Å². The number of ether oxygens (including phenoxy) is 1. The molecule has 3 rings (SSSR count). The minimum absolute atomic E-state index is 0.165. The zero-order chi connectivity index (χ0) is 16.8. The van der Waals surface area contributed by atoms with Crippen molar-refractivity contribution in [2.75, 3.05) is 26.3 Å². The molecule has 0 saturated carbocycles. The molecule has 0 N–H and O–H groups in total. The van der Waals surface area contributed by atoms with E-state index in [4.69, 9.17) is 4.74 Å². The first-order valence-electron chi connectivity index (χ1n) is 8.29. The van der Waals surface area contributed by atoms with Crippen molar-refractivity contribution in [3.63, 3.8) is 0 Å². The van der Waals surface area contributed by atoms with Gasteiger partial charge in [-0.3, -0.25) is 4.79 Å². The summed E-state index contributed by atoms with van der Waals surface area (Å²) in [5.74, 6) is 0.428. The molecule has 1 fully saturated rings. The minimum Gasteiger partial charge on any atom is -0.379 e. The number of nitrogens with zero attached hydrogens (tertiary/aromatic N) is 5. The van der Waals surface area contributed by atoms with E-state index in [-0.39, 0.29) is 11.8 Å². The highest BCUT2D eigenvalue weighted by atomic mass is 16.5. The van der Waals surface area contributed by atoms with Crippen molar-refractivity contribution in [1.29, 1.82) is 0 Å². The molecule has 0 aliphatic carbocycles. The lowest BCUT2D eigenvalue weighted by atomic mass is 10.0. The maximum Gasteiger partial charge on any atom is 0.224 e. The molecule has 1 aliphatic rings. The maximum atomic E-state index is 12.5. The lowest BCUT2D eigenvalue weighted by Gasteiger charge is -2.23. The van der Waals surface area contributed by atoms with Gasteiger partial charge in [-0.1, -0.05) is 0 Å². The normalized spacial score (nSPS) is 18.4. The number of hydrogen-bond donors (Lipinski definition) is 0. The third kappa shape index (κ3) is 4.61. The van der Waals surface area contributed by atoms with Gasteiger partial charge >= 0.3 is 0 Å². The molecule has 0 bridgehead atoms. The van der Waals surface area contributed by atoms with E-state index in [2.05, 4.69) is 15.0 Å². The maximum absolute atomic E-state index is 12.5. The van der Waals surface area contributed by atoms with Gasteiger partial charge in [-0.05, 0) is 19.4 Å². The van der Waals surface area contributed by atoms with Crippen LogP contribution < -0.4 is 0 Å². The smallest absolute Gasteiger partial charge is 0.224 e. The second kappa shape index (κ2) is 8.01. The van der Waals surface area contributed by atoms with Crippen LogP contribution in [0.25, 0.3) is 0 Å². The summed E-state index contributed by atoms with van der Waals surface area (Å²) in [6.45, 7) is 5.24. The van der Waals surface area contributed by atoms with Gasteiger partial charge in [0.1, 0.15) is 6.33 Å². The Morgan fingerprint density at radius 2 is 2.33 bits per heavy atom. The lowest BCUT2D eigenvalue weighted by Crippen LogP contribution is -2.36. The number of imidazole rings is 1. The third-order valence-corrected chi connectivity index (χ3v) is 4.19. The van der Waals surface area contributed by atoms with Crippen LogP contribution >= 0.6 is 0 Å². The molecule has 1 saturated heterocycles. The van der Waals surface area contributed by atoms with Crippen LogP contribution in [-0.2, 0) is 22.5 Å². The van der Waals surface area contributed by atoms with Gasteiger partial charge in [0, 0.05) is 55.8 Å². The molecule has 1 amide bonds. The van der Waals surface area contributed by atoms with Crippen molar-refractivity contribution in [2.45, 2.75) is 26.3 Å². The second-order valence-electron chi connectivity index (χ2n) is 6.19. The predicted molar refractivity (Wildman–Crippen MR) is 88.2 cm³/mol. The van der Waals surface area contributed by atoms with Crippen LogP contribution in [0.1, 0.15) is 17.8 Å². The molecule has 7 heteroatoms. The van der Waals surface area contributed by atoms with Gasteiger partial charge in [0.25, 0.3) is 0 Å². The minimum atomic E-state index is 0.165. The van der Waals surface area contributed by atoms with E-state index in [1.165, 1.54) is 0 Å². The fourth-order valence-electron chi connectivity index (χ4n) is 2.95. The number of rotatable bonds is 5. The summed E-state index contributed by atoms with van der Waals surface area (Å²) in [4.78, 5) is 26.9. The molecule has 128 valence electrons. The monoisotopic (exact) mass is 329 g/mol. The Balaban J connectivity index is 1.56. The molecule has 1 aliphatic heterocycles. The fourth-order valence-corrected chi connectivity index (χ4v) is 2.95. The Kier molecular flexibility index (Phi) is 5.53. The Hall–Kier alpha value is -2.28. The van der Waals surface area contributed by atoms with E-state index in [0.717, 1.165) is 17.8 Å². The van der Waals surface area contributed by atoms with Crippen LogP contribution in [0.4, 0.5) is 0 Å². The molecule has 1 unspecified atom stereocenters. The highest BCUT2D eigenvalue weighted by molar-refractivity contribution is 5.76. The fraction of sp³-hybridized carbons (Fsp3) is 0.529. The Bertz CT molecular complexity index is 659. The van der Waals surface area contributed by atoms with Gasteiger partial charge in [0.15, 0.2) is 0 Å². The summed E-state index contributed by atoms with van der Waals surface area (Å²) in [5, 5.41) is 0. The molecule has 2 aromatic rings. The van der Waals surface area contributed by atoms with Crippen LogP contribution in [0.3, 0.4) is 0 Å².